The topological polar surface area (TPSA) is 34.1 Å². The lowest BCUT2D eigenvalue weighted by atomic mass is 9.84. The largest absolute Gasteiger partial charge is 0.290 e. The fourth-order valence-corrected chi connectivity index (χ4v) is 1.99. The van der Waals surface area contributed by atoms with E-state index in [4.69, 9.17) is 0 Å². The average Bonchev–Trinajstić information content (AvgIpc) is 2.13. The normalized spacial score (nSPS) is 11.4. The van der Waals surface area contributed by atoms with E-state index in [9.17, 15) is 9.59 Å². The van der Waals surface area contributed by atoms with Crippen LogP contribution in [0.5, 0.6) is 0 Å². The number of Topliss-reactive ketones (excluding diaryl/α,β-unsaturated/α-hetero) is 2. The number of hydrogen-bond donors (Lipinski definition) is 0. The molecule has 2 nitrogen and oxygen atoms in total. The van der Waals surface area contributed by atoms with Gasteiger partial charge in [0.1, 0.15) is 0 Å². The zero-order valence-electron chi connectivity index (χ0n) is 11.5. The molecule has 2 heteroatoms. The maximum Gasteiger partial charge on any atom is 0.229 e. The molecular formula is C15H20O2. The van der Waals surface area contributed by atoms with Gasteiger partial charge in [-0.05, 0) is 31.9 Å². The van der Waals surface area contributed by atoms with Crippen molar-refractivity contribution in [3.05, 3.63) is 34.4 Å². The molecule has 0 aliphatic rings. The zero-order chi connectivity index (χ0) is 13.4. The molecule has 0 saturated heterocycles. The Hall–Kier alpha value is -1.44. The van der Waals surface area contributed by atoms with Gasteiger partial charge in [0.2, 0.25) is 11.6 Å². The minimum absolute atomic E-state index is 0.326. The van der Waals surface area contributed by atoms with Crippen molar-refractivity contribution in [2.45, 2.75) is 41.5 Å². The second-order valence-corrected chi connectivity index (χ2v) is 5.68. The van der Waals surface area contributed by atoms with Crippen LogP contribution in [0, 0.1) is 26.2 Å². The molecule has 1 aromatic rings. The molecule has 0 aliphatic heterocycles. The molecule has 0 radical (unpaired) electrons. The molecule has 92 valence electrons. The Labute approximate surface area is 103 Å². The van der Waals surface area contributed by atoms with E-state index in [0.717, 1.165) is 16.7 Å². The predicted molar refractivity (Wildman–Crippen MR) is 69.4 cm³/mol. The molecule has 0 aromatic heterocycles. The minimum atomic E-state index is -0.624. The molecule has 17 heavy (non-hydrogen) atoms. The molecule has 1 aromatic carbocycles. The van der Waals surface area contributed by atoms with Gasteiger partial charge in [-0.25, -0.2) is 0 Å². The first-order valence-electron chi connectivity index (χ1n) is 5.81. The number of hydrogen-bond acceptors (Lipinski definition) is 2. The van der Waals surface area contributed by atoms with Crippen LogP contribution in [0.15, 0.2) is 12.1 Å². The first-order chi connectivity index (χ1) is 7.64. The van der Waals surface area contributed by atoms with Crippen molar-refractivity contribution in [2.24, 2.45) is 5.41 Å². The lowest BCUT2D eigenvalue weighted by Gasteiger charge is -2.17. The predicted octanol–water partition coefficient (Wildman–Crippen LogP) is 3.41. The Kier molecular flexibility index (Phi) is 3.56. The highest BCUT2D eigenvalue weighted by Gasteiger charge is 2.30. The molecule has 0 N–H and O–H groups in total. The summed E-state index contributed by atoms with van der Waals surface area (Å²) in [6, 6.07) is 3.88. The molecule has 1 rings (SSSR count). The van der Waals surface area contributed by atoms with Crippen LogP contribution >= 0.6 is 0 Å². The maximum absolute atomic E-state index is 12.2. The van der Waals surface area contributed by atoms with Crippen LogP contribution in [0.25, 0.3) is 0 Å². The third kappa shape index (κ3) is 2.82. The second-order valence-electron chi connectivity index (χ2n) is 5.68. The van der Waals surface area contributed by atoms with E-state index in [1.54, 1.807) is 20.8 Å². The van der Waals surface area contributed by atoms with Gasteiger partial charge >= 0.3 is 0 Å². The Bertz CT molecular complexity index is 453. The van der Waals surface area contributed by atoms with Gasteiger partial charge in [-0.15, -0.1) is 0 Å². The summed E-state index contributed by atoms with van der Waals surface area (Å²) >= 11 is 0. The summed E-state index contributed by atoms with van der Waals surface area (Å²) in [6.45, 7) is 11.1. The SMILES string of the molecule is Cc1cc(C)c(C(=O)C(=O)C(C)(C)C)c(C)c1. The van der Waals surface area contributed by atoms with Crippen LogP contribution in [0.4, 0.5) is 0 Å². The molecule has 0 unspecified atom stereocenters. The van der Waals surface area contributed by atoms with Gasteiger partial charge < -0.3 is 0 Å². The van der Waals surface area contributed by atoms with E-state index in [0.29, 0.717) is 5.56 Å². The van der Waals surface area contributed by atoms with E-state index < -0.39 is 5.41 Å². The van der Waals surface area contributed by atoms with Gasteiger partial charge in [-0.2, -0.15) is 0 Å². The summed E-state index contributed by atoms with van der Waals surface area (Å²) < 4.78 is 0. The van der Waals surface area contributed by atoms with Crippen molar-refractivity contribution in [1.29, 1.82) is 0 Å². The molecule has 0 bridgehead atoms. The van der Waals surface area contributed by atoms with Crippen molar-refractivity contribution < 1.29 is 9.59 Å². The third-order valence-corrected chi connectivity index (χ3v) is 2.79. The summed E-state index contributed by atoms with van der Waals surface area (Å²) in [6.07, 6.45) is 0. The molecule has 0 heterocycles. The van der Waals surface area contributed by atoms with Crippen LogP contribution in [0.2, 0.25) is 0 Å². The first kappa shape index (κ1) is 13.6. The third-order valence-electron chi connectivity index (χ3n) is 2.79. The smallest absolute Gasteiger partial charge is 0.229 e. The number of benzene rings is 1. The fourth-order valence-electron chi connectivity index (χ4n) is 1.99. The molecule has 0 atom stereocenters. The molecular weight excluding hydrogens is 212 g/mol. The van der Waals surface area contributed by atoms with E-state index in [1.807, 2.05) is 32.9 Å². The molecule has 0 spiro atoms. The van der Waals surface area contributed by atoms with Crippen molar-refractivity contribution in [3.63, 3.8) is 0 Å². The van der Waals surface area contributed by atoms with Crippen LogP contribution in [0.3, 0.4) is 0 Å². The summed E-state index contributed by atoms with van der Waals surface area (Å²) in [5.74, 6) is -0.694. The van der Waals surface area contributed by atoms with E-state index >= 15 is 0 Å². The molecule has 0 saturated carbocycles. The fraction of sp³-hybridized carbons (Fsp3) is 0.467. The van der Waals surface area contributed by atoms with Crippen molar-refractivity contribution in [3.8, 4) is 0 Å². The minimum Gasteiger partial charge on any atom is -0.290 e. The summed E-state index contributed by atoms with van der Waals surface area (Å²) in [5.41, 5.74) is 2.81. The average molecular weight is 232 g/mol. The highest BCUT2D eigenvalue weighted by atomic mass is 16.2. The molecule has 0 amide bonds. The van der Waals surface area contributed by atoms with Gasteiger partial charge in [0.25, 0.3) is 0 Å². The van der Waals surface area contributed by atoms with Crippen molar-refractivity contribution in [2.75, 3.05) is 0 Å². The van der Waals surface area contributed by atoms with Gasteiger partial charge in [0.05, 0.1) is 0 Å². The number of rotatable bonds is 2. The Balaban J connectivity index is 3.27. The maximum atomic E-state index is 12.2. The van der Waals surface area contributed by atoms with Crippen LogP contribution in [0.1, 0.15) is 47.8 Å². The van der Waals surface area contributed by atoms with E-state index in [1.165, 1.54) is 0 Å². The lowest BCUT2D eigenvalue weighted by molar-refractivity contribution is -0.121. The van der Waals surface area contributed by atoms with Crippen molar-refractivity contribution >= 4 is 11.6 Å². The number of carbonyl (C=O) groups excluding carboxylic acids is 2. The second kappa shape index (κ2) is 4.44. The van der Waals surface area contributed by atoms with Crippen molar-refractivity contribution in [1.82, 2.24) is 0 Å². The zero-order valence-corrected chi connectivity index (χ0v) is 11.5. The Morgan fingerprint density at radius 3 is 1.71 bits per heavy atom. The number of ketones is 2. The van der Waals surface area contributed by atoms with Gasteiger partial charge in [0, 0.05) is 11.0 Å². The number of aryl methyl sites for hydroxylation is 3. The Morgan fingerprint density at radius 1 is 0.941 bits per heavy atom. The van der Waals surface area contributed by atoms with Gasteiger partial charge in [-0.3, -0.25) is 9.59 Å². The quantitative estimate of drug-likeness (QED) is 0.578. The van der Waals surface area contributed by atoms with Crippen LogP contribution in [-0.2, 0) is 4.79 Å². The van der Waals surface area contributed by atoms with Crippen LogP contribution in [-0.4, -0.2) is 11.6 Å². The van der Waals surface area contributed by atoms with Gasteiger partial charge in [-0.1, -0.05) is 38.5 Å². The summed E-state index contributed by atoms with van der Waals surface area (Å²) in [5, 5.41) is 0. The molecule has 0 aliphatic carbocycles. The monoisotopic (exact) mass is 232 g/mol. The highest BCUT2D eigenvalue weighted by Crippen LogP contribution is 2.22. The van der Waals surface area contributed by atoms with Crippen LogP contribution < -0.4 is 0 Å². The van der Waals surface area contributed by atoms with E-state index in [-0.39, 0.29) is 11.6 Å². The number of carbonyl (C=O) groups is 2. The Morgan fingerprint density at radius 2 is 1.35 bits per heavy atom. The highest BCUT2D eigenvalue weighted by molar-refractivity contribution is 6.45. The summed E-state index contributed by atoms with van der Waals surface area (Å²) in [4.78, 5) is 24.2. The van der Waals surface area contributed by atoms with E-state index in [2.05, 4.69) is 0 Å². The first-order valence-corrected chi connectivity index (χ1v) is 5.81. The molecule has 0 fully saturated rings. The standard InChI is InChI=1S/C15H20O2/c1-9-7-10(2)12(11(3)8-9)13(16)14(17)15(4,5)6/h7-8H,1-6H3. The summed E-state index contributed by atoms with van der Waals surface area (Å²) in [7, 11) is 0. The van der Waals surface area contributed by atoms with Gasteiger partial charge in [0.15, 0.2) is 0 Å². The lowest BCUT2D eigenvalue weighted by Crippen LogP contribution is -2.29.